The van der Waals surface area contributed by atoms with Crippen molar-refractivity contribution in [2.75, 3.05) is 34.0 Å². The summed E-state index contributed by atoms with van der Waals surface area (Å²) in [5.41, 5.74) is 3.61. The van der Waals surface area contributed by atoms with Gasteiger partial charge < -0.3 is 24.2 Å². The van der Waals surface area contributed by atoms with Crippen LogP contribution in [-0.2, 0) is 4.74 Å². The fourth-order valence-electron chi connectivity index (χ4n) is 4.44. The summed E-state index contributed by atoms with van der Waals surface area (Å²) in [6.45, 7) is 7.54. The maximum absolute atomic E-state index is 13.5. The van der Waals surface area contributed by atoms with Crippen molar-refractivity contribution in [2.24, 2.45) is 5.92 Å². The summed E-state index contributed by atoms with van der Waals surface area (Å²) in [5.74, 6) is 1.47. The molecule has 1 aliphatic rings. The highest BCUT2D eigenvalue weighted by molar-refractivity contribution is 6.31. The van der Waals surface area contributed by atoms with Gasteiger partial charge in [-0.05, 0) is 54.7 Å². The van der Waals surface area contributed by atoms with Gasteiger partial charge in [0, 0.05) is 36.4 Å². The molecule has 0 radical (unpaired) electrons. The van der Waals surface area contributed by atoms with Crippen molar-refractivity contribution >= 4 is 17.5 Å². The van der Waals surface area contributed by atoms with Crippen molar-refractivity contribution in [3.8, 4) is 28.5 Å². The maximum atomic E-state index is 13.5. The molecule has 1 aromatic heterocycles. The number of H-pyrrole nitrogens is 1. The summed E-state index contributed by atoms with van der Waals surface area (Å²) >= 11 is 6.39. The average Bonchev–Trinajstić information content (AvgIpc) is 3.39. The SMILES string of the molecule is COCCCN1C(=O)c2[nH]nc(-c3cc(Cl)c(C)cc3O)c2C1c1ccc(OCC(C)C)c(OC)c1. The minimum absolute atomic E-state index is 0.0465. The number of carbonyl (C=O) groups excluding carboxylic acids is 1. The normalized spacial score (nSPS) is 15.0. The van der Waals surface area contributed by atoms with E-state index in [1.807, 2.05) is 25.1 Å². The van der Waals surface area contributed by atoms with Gasteiger partial charge in [0.15, 0.2) is 11.5 Å². The van der Waals surface area contributed by atoms with Gasteiger partial charge in [-0.25, -0.2) is 0 Å². The molecule has 0 saturated carbocycles. The lowest BCUT2D eigenvalue weighted by molar-refractivity contribution is 0.0723. The van der Waals surface area contributed by atoms with Crippen LogP contribution < -0.4 is 9.47 Å². The Labute approximate surface area is 216 Å². The van der Waals surface area contributed by atoms with Crippen LogP contribution in [0.5, 0.6) is 17.2 Å². The van der Waals surface area contributed by atoms with Gasteiger partial charge in [-0.1, -0.05) is 31.5 Å². The lowest BCUT2D eigenvalue weighted by Crippen LogP contribution is -2.31. The maximum Gasteiger partial charge on any atom is 0.273 e. The van der Waals surface area contributed by atoms with Crippen molar-refractivity contribution in [3.05, 3.63) is 57.7 Å². The molecule has 1 atom stereocenters. The molecule has 1 aliphatic heterocycles. The smallest absolute Gasteiger partial charge is 0.273 e. The van der Waals surface area contributed by atoms with Crippen molar-refractivity contribution in [1.29, 1.82) is 0 Å². The minimum Gasteiger partial charge on any atom is -0.507 e. The Hall–Kier alpha value is -3.23. The summed E-state index contributed by atoms with van der Waals surface area (Å²) < 4.78 is 16.8. The number of benzene rings is 2. The number of hydrogen-bond acceptors (Lipinski definition) is 6. The molecule has 0 aliphatic carbocycles. The van der Waals surface area contributed by atoms with Gasteiger partial charge in [-0.3, -0.25) is 9.89 Å². The number of aromatic nitrogens is 2. The van der Waals surface area contributed by atoms with Crippen molar-refractivity contribution in [2.45, 2.75) is 33.2 Å². The molecular formula is C27H32ClN3O5. The van der Waals surface area contributed by atoms with Crippen LogP contribution in [0.3, 0.4) is 0 Å². The highest BCUT2D eigenvalue weighted by Crippen LogP contribution is 2.46. The number of methoxy groups -OCH3 is 2. The number of phenols is 1. The van der Waals surface area contributed by atoms with Crippen LogP contribution in [0, 0.1) is 12.8 Å². The van der Waals surface area contributed by atoms with Crippen LogP contribution in [0.25, 0.3) is 11.3 Å². The summed E-state index contributed by atoms with van der Waals surface area (Å²) in [5, 5.41) is 18.6. The predicted molar refractivity (Wildman–Crippen MR) is 138 cm³/mol. The Morgan fingerprint density at radius 2 is 1.97 bits per heavy atom. The van der Waals surface area contributed by atoms with Crippen LogP contribution in [0.4, 0.5) is 0 Å². The molecule has 2 heterocycles. The Balaban J connectivity index is 1.83. The number of aromatic amines is 1. The molecule has 9 heteroatoms. The van der Waals surface area contributed by atoms with Crippen LogP contribution in [0.1, 0.15) is 53.5 Å². The molecular weight excluding hydrogens is 482 g/mol. The fraction of sp³-hybridized carbons (Fsp3) is 0.407. The number of aryl methyl sites for hydroxylation is 1. The first kappa shape index (κ1) is 25.9. The molecule has 2 aromatic carbocycles. The molecule has 4 rings (SSSR count). The Kier molecular flexibility index (Phi) is 7.76. The third-order valence-corrected chi connectivity index (χ3v) is 6.63. The monoisotopic (exact) mass is 513 g/mol. The van der Waals surface area contributed by atoms with Crippen LogP contribution in [-0.4, -0.2) is 60.1 Å². The van der Waals surface area contributed by atoms with Crippen LogP contribution >= 0.6 is 11.6 Å². The van der Waals surface area contributed by atoms with Gasteiger partial charge in [0.05, 0.1) is 19.8 Å². The zero-order chi connectivity index (χ0) is 26.0. The number of phenolic OH excluding ortho intramolecular Hbond substituents is 1. The van der Waals surface area contributed by atoms with Crippen LogP contribution in [0.15, 0.2) is 30.3 Å². The van der Waals surface area contributed by atoms with E-state index >= 15 is 0 Å². The van der Waals surface area contributed by atoms with E-state index in [4.69, 9.17) is 25.8 Å². The Morgan fingerprint density at radius 1 is 1.19 bits per heavy atom. The van der Waals surface area contributed by atoms with E-state index in [0.717, 1.165) is 11.1 Å². The van der Waals surface area contributed by atoms with E-state index < -0.39 is 6.04 Å². The first-order valence-electron chi connectivity index (χ1n) is 11.9. The van der Waals surface area contributed by atoms with Crippen molar-refractivity contribution in [3.63, 3.8) is 0 Å². The number of aromatic hydroxyl groups is 1. The standard InChI is InChI=1S/C27H32ClN3O5/c1-15(2)14-36-21-8-7-17(12-22(21)35-5)26-23-24(18-13-19(28)16(3)11-20(18)32)29-30-25(23)27(33)31(26)9-6-10-34-4/h7-8,11-13,15,26,32H,6,9-10,14H2,1-5H3,(H,29,30). The number of ether oxygens (including phenoxy) is 3. The third kappa shape index (κ3) is 4.88. The molecule has 2 N–H and O–H groups in total. The number of halogens is 1. The number of carbonyl (C=O) groups is 1. The molecule has 1 unspecified atom stereocenters. The molecule has 8 nitrogen and oxygen atoms in total. The van der Waals surface area contributed by atoms with Crippen molar-refractivity contribution in [1.82, 2.24) is 15.1 Å². The van der Waals surface area contributed by atoms with Gasteiger partial charge in [-0.15, -0.1) is 0 Å². The van der Waals surface area contributed by atoms with E-state index in [2.05, 4.69) is 24.0 Å². The second kappa shape index (κ2) is 10.8. The van der Waals surface area contributed by atoms with Gasteiger partial charge in [0.2, 0.25) is 0 Å². The van der Waals surface area contributed by atoms with Gasteiger partial charge >= 0.3 is 0 Å². The van der Waals surface area contributed by atoms with E-state index in [9.17, 15) is 9.90 Å². The summed E-state index contributed by atoms with van der Waals surface area (Å²) in [7, 11) is 3.23. The van der Waals surface area contributed by atoms with E-state index in [0.29, 0.717) is 71.1 Å². The Morgan fingerprint density at radius 3 is 2.67 bits per heavy atom. The molecule has 0 spiro atoms. The number of amides is 1. The van der Waals surface area contributed by atoms with Gasteiger partial charge in [0.1, 0.15) is 17.1 Å². The summed E-state index contributed by atoms with van der Waals surface area (Å²) in [6, 6.07) is 8.53. The molecule has 36 heavy (non-hydrogen) atoms. The minimum atomic E-state index is -0.453. The first-order chi connectivity index (χ1) is 17.3. The summed E-state index contributed by atoms with van der Waals surface area (Å²) in [6.07, 6.45) is 0.667. The molecule has 0 saturated heterocycles. The Bertz CT molecular complexity index is 1260. The molecule has 1 amide bonds. The summed E-state index contributed by atoms with van der Waals surface area (Å²) in [4.78, 5) is 15.3. The highest BCUT2D eigenvalue weighted by Gasteiger charge is 2.42. The topological polar surface area (TPSA) is 96.9 Å². The second-order valence-corrected chi connectivity index (χ2v) is 9.75. The average molecular weight is 514 g/mol. The zero-order valence-electron chi connectivity index (χ0n) is 21.2. The van der Waals surface area contributed by atoms with Crippen molar-refractivity contribution < 1.29 is 24.1 Å². The second-order valence-electron chi connectivity index (χ2n) is 9.34. The largest absolute Gasteiger partial charge is 0.507 e. The fourth-order valence-corrected chi connectivity index (χ4v) is 4.61. The van der Waals surface area contributed by atoms with E-state index in [1.54, 1.807) is 31.3 Å². The van der Waals surface area contributed by atoms with Gasteiger partial charge in [0.25, 0.3) is 5.91 Å². The lowest BCUT2D eigenvalue weighted by atomic mass is 9.95. The number of nitrogens with one attached hydrogen (secondary N) is 1. The predicted octanol–water partition coefficient (Wildman–Crippen LogP) is 5.37. The highest BCUT2D eigenvalue weighted by atomic mass is 35.5. The first-order valence-corrected chi connectivity index (χ1v) is 12.3. The molecule has 0 bridgehead atoms. The number of hydrogen-bond donors (Lipinski definition) is 2. The number of fused-ring (bicyclic) bond motifs is 1. The zero-order valence-corrected chi connectivity index (χ0v) is 22.0. The lowest BCUT2D eigenvalue weighted by Gasteiger charge is -2.27. The van der Waals surface area contributed by atoms with E-state index in [-0.39, 0.29) is 11.7 Å². The number of rotatable bonds is 10. The quantitative estimate of drug-likeness (QED) is 0.354. The number of nitrogens with zero attached hydrogens (tertiary/aromatic N) is 2. The molecule has 192 valence electrons. The van der Waals surface area contributed by atoms with Crippen LogP contribution in [0.2, 0.25) is 5.02 Å². The molecule has 0 fully saturated rings. The molecule has 3 aromatic rings. The van der Waals surface area contributed by atoms with E-state index in [1.165, 1.54) is 0 Å². The third-order valence-electron chi connectivity index (χ3n) is 6.22. The van der Waals surface area contributed by atoms with Gasteiger partial charge in [-0.2, -0.15) is 5.10 Å².